The molecule has 6 nitrogen and oxygen atoms in total. The zero-order chi connectivity index (χ0) is 13.0. The zero-order valence-electron chi connectivity index (χ0n) is 9.87. The maximum Gasteiger partial charge on any atom is 0.221 e. The minimum absolute atomic E-state index is 0.146. The van der Waals surface area contributed by atoms with E-state index in [-0.39, 0.29) is 22.9 Å². The van der Waals surface area contributed by atoms with Crippen molar-refractivity contribution in [3.63, 3.8) is 0 Å². The first-order valence-electron chi connectivity index (χ1n) is 4.82. The lowest BCUT2D eigenvalue weighted by molar-refractivity contribution is -0.114. The van der Waals surface area contributed by atoms with Crippen LogP contribution in [-0.4, -0.2) is 26.4 Å². The molecule has 0 aliphatic rings. The molecule has 0 bridgehead atoms. The molecule has 17 heavy (non-hydrogen) atoms. The highest BCUT2D eigenvalue weighted by Crippen LogP contribution is 2.39. The molecule has 0 aliphatic carbocycles. The van der Waals surface area contributed by atoms with Crippen molar-refractivity contribution in [1.29, 1.82) is 0 Å². The van der Waals surface area contributed by atoms with Crippen LogP contribution in [-0.2, 0) is 4.79 Å². The van der Waals surface area contributed by atoms with Gasteiger partial charge in [-0.05, 0) is 0 Å². The van der Waals surface area contributed by atoms with Crippen LogP contribution in [0.3, 0.4) is 0 Å². The first-order chi connectivity index (χ1) is 8.04. The fraction of sp³-hybridized carbons (Fsp3) is 0.273. The van der Waals surface area contributed by atoms with Crippen LogP contribution in [0.5, 0.6) is 11.5 Å². The largest absolute Gasteiger partial charge is 0.493 e. The summed E-state index contributed by atoms with van der Waals surface area (Å²) in [7, 11) is 2.84. The number of rotatable bonds is 4. The second-order valence-electron chi connectivity index (χ2n) is 3.29. The summed E-state index contributed by atoms with van der Waals surface area (Å²) in [6.07, 6.45) is 0.558. The number of nitrogen functional groups attached to an aromatic ring is 1. The monoisotopic (exact) mass is 238 g/mol. The third-order valence-corrected chi connectivity index (χ3v) is 2.18. The first-order valence-corrected chi connectivity index (χ1v) is 4.82. The quantitative estimate of drug-likeness (QED) is 0.604. The fourth-order valence-electron chi connectivity index (χ4n) is 1.45. The van der Waals surface area contributed by atoms with E-state index in [0.29, 0.717) is 17.7 Å². The zero-order valence-corrected chi connectivity index (χ0v) is 9.87. The van der Waals surface area contributed by atoms with Crippen molar-refractivity contribution < 1.29 is 19.1 Å². The van der Waals surface area contributed by atoms with Gasteiger partial charge in [0, 0.05) is 13.0 Å². The molecule has 0 aromatic heterocycles. The van der Waals surface area contributed by atoms with Crippen LogP contribution in [0, 0.1) is 0 Å². The summed E-state index contributed by atoms with van der Waals surface area (Å²) in [4.78, 5) is 22.0. The highest BCUT2D eigenvalue weighted by molar-refractivity contribution is 6.00. The SMILES string of the molecule is COc1cc(NC(C)=O)c(N)c(C=O)c1OC. The number of nitrogens with one attached hydrogen (secondary N) is 1. The summed E-state index contributed by atoms with van der Waals surface area (Å²) in [6.45, 7) is 1.34. The molecule has 0 heterocycles. The summed E-state index contributed by atoms with van der Waals surface area (Å²) in [5, 5.41) is 2.52. The van der Waals surface area contributed by atoms with Crippen LogP contribution in [0.25, 0.3) is 0 Å². The highest BCUT2D eigenvalue weighted by atomic mass is 16.5. The van der Waals surface area contributed by atoms with E-state index in [1.165, 1.54) is 27.2 Å². The number of hydrogen-bond acceptors (Lipinski definition) is 5. The van der Waals surface area contributed by atoms with Crippen molar-refractivity contribution in [2.45, 2.75) is 6.92 Å². The van der Waals surface area contributed by atoms with Gasteiger partial charge < -0.3 is 20.5 Å². The Balaban J connectivity index is 3.44. The van der Waals surface area contributed by atoms with E-state index < -0.39 is 0 Å². The second kappa shape index (κ2) is 5.20. The lowest BCUT2D eigenvalue weighted by Crippen LogP contribution is -2.10. The summed E-state index contributed by atoms with van der Waals surface area (Å²) in [6, 6.07) is 1.50. The number of carbonyl (C=O) groups is 2. The van der Waals surface area contributed by atoms with E-state index in [2.05, 4.69) is 5.32 Å². The van der Waals surface area contributed by atoms with E-state index in [4.69, 9.17) is 15.2 Å². The van der Waals surface area contributed by atoms with Crippen molar-refractivity contribution in [3.05, 3.63) is 11.6 Å². The van der Waals surface area contributed by atoms with Gasteiger partial charge in [0.1, 0.15) is 0 Å². The number of nitrogens with two attached hydrogens (primary N) is 1. The molecule has 1 amide bonds. The van der Waals surface area contributed by atoms with E-state index in [9.17, 15) is 9.59 Å². The molecule has 0 saturated heterocycles. The normalized spacial score (nSPS) is 9.59. The Morgan fingerprint density at radius 2 is 2.06 bits per heavy atom. The third kappa shape index (κ3) is 2.47. The molecule has 0 unspecified atom stereocenters. The number of hydrogen-bond donors (Lipinski definition) is 2. The summed E-state index contributed by atoms with van der Waals surface area (Å²) in [5.41, 5.74) is 6.37. The molecule has 3 N–H and O–H groups in total. The average molecular weight is 238 g/mol. The Labute approximate surface area is 98.7 Å². The van der Waals surface area contributed by atoms with Gasteiger partial charge in [0.05, 0.1) is 31.2 Å². The van der Waals surface area contributed by atoms with Crippen LogP contribution in [0.4, 0.5) is 11.4 Å². The lowest BCUT2D eigenvalue weighted by Gasteiger charge is -2.15. The molecule has 6 heteroatoms. The number of carbonyl (C=O) groups excluding carboxylic acids is 2. The molecule has 0 saturated carbocycles. The minimum Gasteiger partial charge on any atom is -0.493 e. The van der Waals surface area contributed by atoms with Gasteiger partial charge in [0.2, 0.25) is 5.91 Å². The van der Waals surface area contributed by atoms with Crippen LogP contribution in [0.15, 0.2) is 6.07 Å². The van der Waals surface area contributed by atoms with Gasteiger partial charge in [0.15, 0.2) is 17.8 Å². The van der Waals surface area contributed by atoms with Crippen molar-refractivity contribution in [2.75, 3.05) is 25.3 Å². The Kier molecular flexibility index (Phi) is 3.92. The Morgan fingerprint density at radius 3 is 2.47 bits per heavy atom. The van der Waals surface area contributed by atoms with E-state index in [0.717, 1.165) is 0 Å². The fourth-order valence-corrected chi connectivity index (χ4v) is 1.45. The number of amides is 1. The van der Waals surface area contributed by atoms with Crippen molar-refractivity contribution in [3.8, 4) is 11.5 Å². The number of ether oxygens (including phenoxy) is 2. The number of methoxy groups -OCH3 is 2. The van der Waals surface area contributed by atoms with Crippen molar-refractivity contribution >= 4 is 23.6 Å². The van der Waals surface area contributed by atoms with Gasteiger partial charge in [-0.2, -0.15) is 0 Å². The highest BCUT2D eigenvalue weighted by Gasteiger charge is 2.17. The topological polar surface area (TPSA) is 90.6 Å². The molecule has 1 rings (SSSR count). The molecule has 1 aromatic rings. The van der Waals surface area contributed by atoms with Gasteiger partial charge >= 0.3 is 0 Å². The van der Waals surface area contributed by atoms with Crippen LogP contribution < -0.4 is 20.5 Å². The van der Waals surface area contributed by atoms with Crippen molar-refractivity contribution in [2.24, 2.45) is 0 Å². The number of anilines is 2. The Bertz CT molecular complexity index is 457. The maximum absolute atomic E-state index is 11.0. The smallest absolute Gasteiger partial charge is 0.221 e. The van der Waals surface area contributed by atoms with E-state index >= 15 is 0 Å². The minimum atomic E-state index is -0.291. The predicted molar refractivity (Wildman–Crippen MR) is 63.6 cm³/mol. The molecular weight excluding hydrogens is 224 g/mol. The van der Waals surface area contributed by atoms with Gasteiger partial charge in [-0.15, -0.1) is 0 Å². The van der Waals surface area contributed by atoms with Gasteiger partial charge in [-0.25, -0.2) is 0 Å². The van der Waals surface area contributed by atoms with Crippen LogP contribution in [0.1, 0.15) is 17.3 Å². The maximum atomic E-state index is 11.0. The second-order valence-corrected chi connectivity index (χ2v) is 3.29. The Morgan fingerprint density at radius 1 is 1.41 bits per heavy atom. The standard InChI is InChI=1S/C11H14N2O4/c1-6(15)13-8-4-9(16-2)11(17-3)7(5-14)10(8)12/h4-5H,12H2,1-3H3,(H,13,15). The molecular formula is C11H14N2O4. The van der Waals surface area contributed by atoms with E-state index in [1.54, 1.807) is 0 Å². The Hall–Kier alpha value is -2.24. The van der Waals surface area contributed by atoms with E-state index in [1.807, 2.05) is 0 Å². The summed E-state index contributed by atoms with van der Waals surface area (Å²) < 4.78 is 10.1. The third-order valence-electron chi connectivity index (χ3n) is 2.18. The van der Waals surface area contributed by atoms with Gasteiger partial charge in [-0.3, -0.25) is 9.59 Å². The van der Waals surface area contributed by atoms with Gasteiger partial charge in [-0.1, -0.05) is 0 Å². The molecule has 0 radical (unpaired) electrons. The van der Waals surface area contributed by atoms with Crippen LogP contribution in [0.2, 0.25) is 0 Å². The first kappa shape index (κ1) is 12.8. The lowest BCUT2D eigenvalue weighted by atomic mass is 10.1. The molecule has 1 aromatic carbocycles. The molecule has 0 atom stereocenters. The molecule has 92 valence electrons. The molecule has 0 spiro atoms. The number of benzene rings is 1. The van der Waals surface area contributed by atoms with Gasteiger partial charge in [0.25, 0.3) is 0 Å². The predicted octanol–water partition coefficient (Wildman–Crippen LogP) is 1.06. The van der Waals surface area contributed by atoms with Crippen molar-refractivity contribution in [1.82, 2.24) is 0 Å². The molecule has 0 aliphatic heterocycles. The number of aldehydes is 1. The summed E-state index contributed by atoms with van der Waals surface area (Å²) >= 11 is 0. The van der Waals surface area contributed by atoms with Crippen LogP contribution >= 0.6 is 0 Å². The average Bonchev–Trinajstić information content (AvgIpc) is 2.30. The summed E-state index contributed by atoms with van der Waals surface area (Å²) in [5.74, 6) is 0.280. The molecule has 0 fully saturated rings.